The van der Waals surface area contributed by atoms with E-state index in [2.05, 4.69) is 17.0 Å². The first-order valence-corrected chi connectivity index (χ1v) is 5.97. The molecular weight excluding hydrogens is 212 g/mol. The van der Waals surface area contributed by atoms with Crippen LogP contribution in [0.1, 0.15) is 30.6 Å². The second-order valence-corrected chi connectivity index (χ2v) is 4.07. The van der Waals surface area contributed by atoms with Gasteiger partial charge in [-0.1, -0.05) is 0 Å². The SMILES string of the molecule is CCn1nccc1C(N)CCc1ccncc1. The molecule has 2 heterocycles. The highest BCUT2D eigenvalue weighted by atomic mass is 15.3. The number of hydrogen-bond donors (Lipinski definition) is 1. The summed E-state index contributed by atoms with van der Waals surface area (Å²) in [7, 11) is 0. The molecule has 1 atom stereocenters. The van der Waals surface area contributed by atoms with Crippen LogP contribution in [0.3, 0.4) is 0 Å². The summed E-state index contributed by atoms with van der Waals surface area (Å²) in [5.74, 6) is 0. The van der Waals surface area contributed by atoms with E-state index >= 15 is 0 Å². The molecule has 2 aromatic rings. The first kappa shape index (κ1) is 11.8. The van der Waals surface area contributed by atoms with Gasteiger partial charge >= 0.3 is 0 Å². The molecule has 2 aromatic heterocycles. The molecule has 0 aliphatic heterocycles. The maximum absolute atomic E-state index is 6.19. The molecule has 4 nitrogen and oxygen atoms in total. The van der Waals surface area contributed by atoms with E-state index < -0.39 is 0 Å². The minimum atomic E-state index is 0.0469. The quantitative estimate of drug-likeness (QED) is 0.854. The largest absolute Gasteiger partial charge is 0.323 e. The minimum Gasteiger partial charge on any atom is -0.323 e. The van der Waals surface area contributed by atoms with E-state index in [0.717, 1.165) is 25.1 Å². The van der Waals surface area contributed by atoms with Crippen molar-refractivity contribution in [3.05, 3.63) is 48.0 Å². The number of nitrogens with two attached hydrogens (primary N) is 1. The zero-order valence-corrected chi connectivity index (χ0v) is 10.1. The van der Waals surface area contributed by atoms with E-state index in [0.29, 0.717) is 0 Å². The Kier molecular flexibility index (Phi) is 3.88. The van der Waals surface area contributed by atoms with Gasteiger partial charge < -0.3 is 5.73 Å². The predicted molar refractivity (Wildman–Crippen MR) is 67.4 cm³/mol. The summed E-state index contributed by atoms with van der Waals surface area (Å²) in [5, 5.41) is 4.24. The van der Waals surface area contributed by atoms with Crippen molar-refractivity contribution in [1.82, 2.24) is 14.8 Å². The van der Waals surface area contributed by atoms with Crippen LogP contribution in [0.25, 0.3) is 0 Å². The number of aromatic nitrogens is 3. The van der Waals surface area contributed by atoms with Gasteiger partial charge in [0.1, 0.15) is 0 Å². The van der Waals surface area contributed by atoms with E-state index in [9.17, 15) is 0 Å². The van der Waals surface area contributed by atoms with E-state index in [-0.39, 0.29) is 6.04 Å². The number of nitrogens with zero attached hydrogens (tertiary/aromatic N) is 3. The van der Waals surface area contributed by atoms with Gasteiger partial charge in [0, 0.05) is 31.2 Å². The molecule has 0 aromatic carbocycles. The van der Waals surface area contributed by atoms with Gasteiger partial charge in [0.25, 0.3) is 0 Å². The lowest BCUT2D eigenvalue weighted by Gasteiger charge is -2.13. The fourth-order valence-electron chi connectivity index (χ4n) is 1.94. The van der Waals surface area contributed by atoms with Crippen molar-refractivity contribution in [3.63, 3.8) is 0 Å². The summed E-state index contributed by atoms with van der Waals surface area (Å²) in [5.41, 5.74) is 8.58. The summed E-state index contributed by atoms with van der Waals surface area (Å²) in [6, 6.07) is 6.11. The Morgan fingerprint density at radius 3 is 2.71 bits per heavy atom. The lowest BCUT2D eigenvalue weighted by atomic mass is 10.0. The second kappa shape index (κ2) is 5.59. The van der Waals surface area contributed by atoms with Gasteiger partial charge in [0.2, 0.25) is 0 Å². The number of pyridine rings is 1. The van der Waals surface area contributed by atoms with Crippen molar-refractivity contribution in [2.45, 2.75) is 32.4 Å². The van der Waals surface area contributed by atoms with Crippen LogP contribution in [0, 0.1) is 0 Å². The average molecular weight is 230 g/mol. The molecule has 0 aliphatic rings. The normalized spacial score (nSPS) is 12.6. The van der Waals surface area contributed by atoms with Gasteiger partial charge in [-0.25, -0.2) is 0 Å². The molecule has 90 valence electrons. The lowest BCUT2D eigenvalue weighted by molar-refractivity contribution is 0.547. The standard InChI is InChI=1S/C13H18N4/c1-2-17-13(7-10-16-17)12(14)4-3-11-5-8-15-9-6-11/h5-10,12H,2-4,14H2,1H3. The highest BCUT2D eigenvalue weighted by Crippen LogP contribution is 2.16. The summed E-state index contributed by atoms with van der Waals surface area (Å²) in [6.45, 7) is 2.94. The first-order chi connectivity index (χ1) is 8.31. The molecule has 4 heteroatoms. The summed E-state index contributed by atoms with van der Waals surface area (Å²) >= 11 is 0. The van der Waals surface area contributed by atoms with Gasteiger partial charge in [-0.05, 0) is 43.5 Å². The van der Waals surface area contributed by atoms with E-state index in [1.807, 2.05) is 41.5 Å². The van der Waals surface area contributed by atoms with E-state index in [1.54, 1.807) is 0 Å². The Labute approximate surface area is 101 Å². The molecular formula is C13H18N4. The maximum Gasteiger partial charge on any atom is 0.0551 e. The highest BCUT2D eigenvalue weighted by Gasteiger charge is 2.10. The topological polar surface area (TPSA) is 56.7 Å². The molecule has 0 radical (unpaired) electrons. The van der Waals surface area contributed by atoms with Crippen LogP contribution in [0.2, 0.25) is 0 Å². The molecule has 1 unspecified atom stereocenters. The Bertz CT molecular complexity index is 449. The van der Waals surface area contributed by atoms with Crippen LogP contribution >= 0.6 is 0 Å². The molecule has 0 bridgehead atoms. The Hall–Kier alpha value is -1.68. The third-order valence-corrected chi connectivity index (χ3v) is 2.92. The van der Waals surface area contributed by atoms with E-state index in [1.165, 1.54) is 5.56 Å². The summed E-state index contributed by atoms with van der Waals surface area (Å²) in [4.78, 5) is 4.00. The van der Waals surface area contributed by atoms with Crippen molar-refractivity contribution in [1.29, 1.82) is 0 Å². The number of hydrogen-bond acceptors (Lipinski definition) is 3. The fourth-order valence-corrected chi connectivity index (χ4v) is 1.94. The second-order valence-electron chi connectivity index (χ2n) is 4.07. The zero-order chi connectivity index (χ0) is 12.1. The van der Waals surface area contributed by atoms with Crippen molar-refractivity contribution in [2.75, 3.05) is 0 Å². The van der Waals surface area contributed by atoms with Gasteiger partial charge in [-0.2, -0.15) is 5.10 Å². The molecule has 2 N–H and O–H groups in total. The van der Waals surface area contributed by atoms with Crippen LogP contribution < -0.4 is 5.73 Å². The van der Waals surface area contributed by atoms with Crippen LogP contribution in [0.4, 0.5) is 0 Å². The van der Waals surface area contributed by atoms with Gasteiger partial charge in [-0.3, -0.25) is 9.67 Å². The van der Waals surface area contributed by atoms with Gasteiger partial charge in [0.05, 0.1) is 5.69 Å². The molecule has 2 rings (SSSR count). The van der Waals surface area contributed by atoms with E-state index in [4.69, 9.17) is 5.73 Å². The number of aryl methyl sites for hydroxylation is 2. The Balaban J connectivity index is 1.96. The third kappa shape index (κ3) is 2.91. The third-order valence-electron chi connectivity index (χ3n) is 2.92. The molecule has 0 saturated carbocycles. The Morgan fingerprint density at radius 1 is 1.24 bits per heavy atom. The van der Waals surface area contributed by atoms with Crippen molar-refractivity contribution in [3.8, 4) is 0 Å². The van der Waals surface area contributed by atoms with Gasteiger partial charge in [0.15, 0.2) is 0 Å². The highest BCUT2D eigenvalue weighted by molar-refractivity contribution is 5.12. The van der Waals surface area contributed by atoms with Crippen LogP contribution in [-0.4, -0.2) is 14.8 Å². The molecule has 0 fully saturated rings. The maximum atomic E-state index is 6.19. The monoisotopic (exact) mass is 230 g/mol. The average Bonchev–Trinajstić information content (AvgIpc) is 2.85. The smallest absolute Gasteiger partial charge is 0.0551 e. The van der Waals surface area contributed by atoms with Crippen molar-refractivity contribution < 1.29 is 0 Å². The van der Waals surface area contributed by atoms with Crippen LogP contribution in [0.15, 0.2) is 36.8 Å². The van der Waals surface area contributed by atoms with Crippen molar-refractivity contribution in [2.24, 2.45) is 5.73 Å². The van der Waals surface area contributed by atoms with Crippen LogP contribution in [0.5, 0.6) is 0 Å². The fraction of sp³-hybridized carbons (Fsp3) is 0.385. The molecule has 17 heavy (non-hydrogen) atoms. The zero-order valence-electron chi connectivity index (χ0n) is 10.1. The molecule has 0 saturated heterocycles. The minimum absolute atomic E-state index is 0.0469. The molecule has 0 aliphatic carbocycles. The molecule has 0 amide bonds. The summed E-state index contributed by atoms with van der Waals surface area (Å²) in [6.07, 6.45) is 7.34. The van der Waals surface area contributed by atoms with Crippen molar-refractivity contribution >= 4 is 0 Å². The van der Waals surface area contributed by atoms with Gasteiger partial charge in [-0.15, -0.1) is 0 Å². The van der Waals surface area contributed by atoms with Crippen LogP contribution in [-0.2, 0) is 13.0 Å². The summed E-state index contributed by atoms with van der Waals surface area (Å²) < 4.78 is 1.96. The first-order valence-electron chi connectivity index (χ1n) is 5.97. The predicted octanol–water partition coefficient (Wildman–Crippen LogP) is 1.93. The lowest BCUT2D eigenvalue weighted by Crippen LogP contribution is -2.16. The molecule has 0 spiro atoms. The number of rotatable bonds is 5. The Morgan fingerprint density at radius 2 is 2.00 bits per heavy atom.